The SMILES string of the molecule is CCCCCCCCCCSc1cc(I)c(NC(=O)COP(=S)(OCCCc2ccc(Cl)cc2Cl)OCc2ccc(N(CCCCCCCCCC)CCCCCCCCCC)cc2)cn1. The molecule has 13 heteroatoms. The Hall–Kier alpha value is -0.950. The molecule has 66 heavy (non-hydrogen) atoms. The smallest absolute Gasteiger partial charge is 0.327 e. The third kappa shape index (κ3) is 27.4. The molecule has 3 rings (SSSR count). The summed E-state index contributed by atoms with van der Waals surface area (Å²) in [6.45, 7) is 5.81. The molecular formula is C53H83Cl2IN3O4PS2. The predicted molar refractivity (Wildman–Crippen MR) is 299 cm³/mol. The van der Waals surface area contributed by atoms with Gasteiger partial charge in [-0.05, 0) is 114 Å². The number of thioether (sulfide) groups is 1. The molecule has 0 aliphatic carbocycles. The van der Waals surface area contributed by atoms with E-state index in [-0.39, 0.29) is 25.7 Å². The van der Waals surface area contributed by atoms with Crippen molar-refractivity contribution in [2.75, 3.05) is 42.3 Å². The number of carbonyl (C=O) groups is 1. The maximum atomic E-state index is 13.3. The lowest BCUT2D eigenvalue weighted by molar-refractivity contribution is -0.118. The summed E-state index contributed by atoms with van der Waals surface area (Å²) in [5.74, 6) is 0.692. The van der Waals surface area contributed by atoms with Crippen LogP contribution in [0.3, 0.4) is 0 Å². The summed E-state index contributed by atoms with van der Waals surface area (Å²) in [6.07, 6.45) is 34.5. The van der Waals surface area contributed by atoms with Gasteiger partial charge in [0.25, 0.3) is 5.91 Å². The van der Waals surface area contributed by atoms with Crippen LogP contribution in [0.5, 0.6) is 0 Å². The monoisotopic (exact) mass is 1120 g/mol. The number of pyridine rings is 1. The number of halogens is 3. The molecule has 3 aromatic rings. The Morgan fingerprint density at radius 3 is 1.79 bits per heavy atom. The van der Waals surface area contributed by atoms with Crippen molar-refractivity contribution < 1.29 is 18.4 Å². The Bertz CT molecular complexity index is 1760. The van der Waals surface area contributed by atoms with E-state index in [0.29, 0.717) is 28.6 Å². The number of aromatic nitrogens is 1. The van der Waals surface area contributed by atoms with Crippen LogP contribution in [0, 0.1) is 3.57 Å². The van der Waals surface area contributed by atoms with Crippen molar-refractivity contribution in [2.24, 2.45) is 0 Å². The highest BCUT2D eigenvalue weighted by atomic mass is 127. The normalized spacial score (nSPS) is 12.4. The van der Waals surface area contributed by atoms with Crippen molar-refractivity contribution in [2.45, 2.75) is 199 Å². The first kappa shape index (κ1) is 59.4. The molecule has 1 N–H and O–H groups in total. The Kier molecular flexibility index (Phi) is 34.0. The quantitative estimate of drug-likeness (QED) is 0.0261. The second-order valence-electron chi connectivity index (χ2n) is 17.6. The van der Waals surface area contributed by atoms with E-state index in [1.54, 1.807) is 24.0 Å². The molecule has 0 aliphatic heterocycles. The van der Waals surface area contributed by atoms with Crippen LogP contribution >= 0.6 is 64.3 Å². The van der Waals surface area contributed by atoms with E-state index in [1.807, 2.05) is 18.2 Å². The number of unbranched alkanes of at least 4 members (excludes halogenated alkanes) is 21. The standard InChI is InChI=1S/C53H83Cl2IN3O4PS2/c1-4-7-10-13-16-19-22-25-36-59(37-26-23-20-17-14-11-8-5-2)48-34-30-45(31-35-48)43-62-64(65,61-38-28-29-46-32-33-47(54)40-49(46)55)63-44-52(60)58-51-42-57-53(41-50(51)56)66-39-27-24-21-18-15-12-9-6-3/h30-35,40-42H,4-29,36-39,43-44H2,1-3H3,(H,58,60). The fourth-order valence-corrected chi connectivity index (χ4v) is 11.7. The first-order chi connectivity index (χ1) is 32.2. The van der Waals surface area contributed by atoms with Crippen LogP contribution in [0.4, 0.5) is 11.4 Å². The van der Waals surface area contributed by atoms with Crippen molar-refractivity contribution in [3.63, 3.8) is 0 Å². The summed E-state index contributed by atoms with van der Waals surface area (Å²) in [6, 6.07) is 16.2. The zero-order chi connectivity index (χ0) is 47.5. The number of aryl methyl sites for hydroxylation is 1. The highest BCUT2D eigenvalue weighted by Gasteiger charge is 2.23. The number of benzene rings is 2. The molecule has 1 atom stereocenters. The zero-order valence-electron chi connectivity index (χ0n) is 40.7. The maximum Gasteiger partial charge on any atom is 0.327 e. The van der Waals surface area contributed by atoms with Crippen molar-refractivity contribution in [3.8, 4) is 0 Å². The average molecular weight is 1120 g/mol. The minimum absolute atomic E-state index is 0.207. The van der Waals surface area contributed by atoms with E-state index in [0.717, 1.165) is 38.6 Å². The Morgan fingerprint density at radius 1 is 0.697 bits per heavy atom. The summed E-state index contributed by atoms with van der Waals surface area (Å²) >= 11 is 22.5. The molecule has 0 saturated carbocycles. The Balaban J connectivity index is 1.58. The molecule has 1 heterocycles. The molecule has 0 spiro atoms. The Labute approximate surface area is 434 Å². The lowest BCUT2D eigenvalue weighted by Crippen LogP contribution is -2.25. The molecule has 7 nitrogen and oxygen atoms in total. The first-order valence-electron chi connectivity index (χ1n) is 25.6. The van der Waals surface area contributed by atoms with E-state index >= 15 is 0 Å². The van der Waals surface area contributed by atoms with Crippen LogP contribution in [-0.2, 0) is 43.2 Å². The molecular weight excluding hydrogens is 1040 g/mol. The fourth-order valence-electron chi connectivity index (χ4n) is 7.80. The zero-order valence-corrected chi connectivity index (χ0v) is 46.9. The van der Waals surface area contributed by atoms with Crippen molar-refractivity contribution in [1.29, 1.82) is 0 Å². The number of anilines is 2. The van der Waals surface area contributed by atoms with E-state index < -0.39 is 6.72 Å². The fraction of sp³-hybridized carbons (Fsp3) is 0.660. The summed E-state index contributed by atoms with van der Waals surface area (Å²) in [7, 11) is 0. The predicted octanol–water partition coefficient (Wildman–Crippen LogP) is 18.4. The lowest BCUT2D eigenvalue weighted by Gasteiger charge is -2.26. The van der Waals surface area contributed by atoms with Gasteiger partial charge >= 0.3 is 6.72 Å². The highest BCUT2D eigenvalue weighted by Crippen LogP contribution is 2.51. The molecule has 372 valence electrons. The van der Waals surface area contributed by atoms with Crippen molar-refractivity contribution >= 4 is 93.4 Å². The van der Waals surface area contributed by atoms with E-state index in [1.165, 1.54) is 160 Å². The van der Waals surface area contributed by atoms with Gasteiger partial charge in [-0.25, -0.2) is 4.98 Å². The van der Waals surface area contributed by atoms with Crippen LogP contribution in [0.25, 0.3) is 0 Å². The number of nitrogens with zero attached hydrogens (tertiary/aromatic N) is 2. The van der Waals surface area contributed by atoms with Gasteiger partial charge in [0, 0.05) is 32.4 Å². The molecule has 1 aromatic heterocycles. The summed E-state index contributed by atoms with van der Waals surface area (Å²) < 4.78 is 19.5. The first-order valence-corrected chi connectivity index (χ1v) is 30.9. The Morgan fingerprint density at radius 2 is 1.24 bits per heavy atom. The van der Waals surface area contributed by atoms with Gasteiger partial charge in [0.1, 0.15) is 6.61 Å². The van der Waals surface area contributed by atoms with Gasteiger partial charge in [-0.3, -0.25) is 9.32 Å². The van der Waals surface area contributed by atoms with Crippen molar-refractivity contribution in [3.05, 3.63) is 79.5 Å². The van der Waals surface area contributed by atoms with Gasteiger partial charge in [-0.2, -0.15) is 0 Å². The molecule has 0 radical (unpaired) electrons. The van der Waals surface area contributed by atoms with E-state index in [9.17, 15) is 4.79 Å². The minimum atomic E-state index is -3.34. The van der Waals surface area contributed by atoms with Crippen LogP contribution in [0.15, 0.2) is 59.8 Å². The topological polar surface area (TPSA) is 72.9 Å². The molecule has 0 bridgehead atoms. The summed E-state index contributed by atoms with van der Waals surface area (Å²) in [5.41, 5.74) is 3.82. The van der Waals surface area contributed by atoms with Gasteiger partial charge in [0.05, 0.1) is 30.1 Å². The van der Waals surface area contributed by atoms with Gasteiger partial charge in [-0.15, -0.1) is 11.8 Å². The molecule has 0 fully saturated rings. The third-order valence-corrected chi connectivity index (χ3v) is 16.6. The molecule has 1 amide bonds. The number of nitrogens with one attached hydrogen (secondary N) is 1. The van der Waals surface area contributed by atoms with Gasteiger partial charge in [0.2, 0.25) is 0 Å². The third-order valence-electron chi connectivity index (χ3n) is 11.8. The van der Waals surface area contributed by atoms with Crippen LogP contribution in [-0.4, -0.2) is 42.9 Å². The summed E-state index contributed by atoms with van der Waals surface area (Å²) in [4.78, 5) is 20.5. The number of hydrogen-bond donors (Lipinski definition) is 1. The molecule has 0 aliphatic rings. The van der Waals surface area contributed by atoms with Gasteiger partial charge in [-0.1, -0.05) is 197 Å². The minimum Gasteiger partial charge on any atom is -0.372 e. The number of rotatable bonds is 41. The lowest BCUT2D eigenvalue weighted by atomic mass is 10.1. The number of amides is 1. The summed E-state index contributed by atoms with van der Waals surface area (Å²) in [5, 5.41) is 5.12. The molecule has 2 aromatic carbocycles. The number of carbonyl (C=O) groups excluding carboxylic acids is 1. The molecule has 1 unspecified atom stereocenters. The molecule has 0 saturated heterocycles. The average Bonchev–Trinajstić information content (AvgIpc) is 3.31. The van der Waals surface area contributed by atoms with Gasteiger partial charge in [0.15, 0.2) is 0 Å². The second kappa shape index (κ2) is 37.8. The van der Waals surface area contributed by atoms with Crippen molar-refractivity contribution in [1.82, 2.24) is 4.98 Å². The van der Waals surface area contributed by atoms with Gasteiger partial charge < -0.3 is 19.3 Å². The van der Waals surface area contributed by atoms with Crippen LogP contribution < -0.4 is 10.2 Å². The number of hydrogen-bond acceptors (Lipinski definition) is 8. The second-order valence-corrected chi connectivity index (χ2v) is 23.8. The highest BCUT2D eigenvalue weighted by molar-refractivity contribution is 14.1. The maximum absolute atomic E-state index is 13.3. The van der Waals surface area contributed by atoms with Crippen LogP contribution in [0.1, 0.15) is 192 Å². The van der Waals surface area contributed by atoms with E-state index in [4.69, 9.17) is 48.6 Å². The largest absolute Gasteiger partial charge is 0.372 e. The van der Waals surface area contributed by atoms with Crippen LogP contribution in [0.2, 0.25) is 10.0 Å². The van der Waals surface area contributed by atoms with E-state index in [2.05, 4.69) is 82.8 Å².